The van der Waals surface area contributed by atoms with E-state index in [1.54, 1.807) is 0 Å². The molecular weight excluding hydrogens is 973 g/mol. The fourth-order valence-corrected chi connectivity index (χ4v) is 7.56. The Bertz CT molecular complexity index is 1920. The van der Waals surface area contributed by atoms with Crippen LogP contribution in [0.4, 0.5) is 0 Å². The molecule has 6 heteroatoms. The van der Waals surface area contributed by atoms with Crippen molar-refractivity contribution in [2.45, 2.75) is 232 Å². The third-order valence-electron chi connectivity index (χ3n) is 12.1. The summed E-state index contributed by atoms with van der Waals surface area (Å²) >= 11 is 0. The summed E-state index contributed by atoms with van der Waals surface area (Å²) in [7, 11) is 0. The predicted octanol–water partition coefficient (Wildman–Crippen LogP) is 21.4. The van der Waals surface area contributed by atoms with Gasteiger partial charge in [-0.15, -0.1) is 0 Å². The lowest BCUT2D eigenvalue weighted by atomic mass is 10.1. The molecule has 0 aliphatic heterocycles. The average molecular weight is 1080 g/mol. The zero-order chi connectivity index (χ0) is 57.1. The van der Waals surface area contributed by atoms with E-state index >= 15 is 0 Å². The lowest BCUT2D eigenvalue weighted by molar-refractivity contribution is -0.167. The van der Waals surface area contributed by atoms with Gasteiger partial charge in [0, 0.05) is 19.3 Å². The molecular formula is C73H110O6. The third kappa shape index (κ3) is 63.0. The van der Waals surface area contributed by atoms with Crippen molar-refractivity contribution in [3.05, 3.63) is 194 Å². The number of unbranched alkanes of at least 4 members (excludes halogenated alkanes) is 10. The molecule has 0 rings (SSSR count). The van der Waals surface area contributed by atoms with Crippen molar-refractivity contribution in [1.29, 1.82) is 0 Å². The Hall–Kier alpha value is -5.75. The van der Waals surface area contributed by atoms with Crippen LogP contribution in [0.3, 0.4) is 0 Å². The topological polar surface area (TPSA) is 78.9 Å². The Balaban J connectivity index is 4.61. The van der Waals surface area contributed by atoms with Gasteiger partial charge in [-0.25, -0.2) is 0 Å². The first-order chi connectivity index (χ1) is 39.0. The van der Waals surface area contributed by atoms with Crippen LogP contribution in [0.2, 0.25) is 0 Å². The van der Waals surface area contributed by atoms with Gasteiger partial charge >= 0.3 is 17.9 Å². The summed E-state index contributed by atoms with van der Waals surface area (Å²) in [5.74, 6) is -1.03. The van der Waals surface area contributed by atoms with Crippen LogP contribution in [0, 0.1) is 0 Å². The molecule has 0 radical (unpaired) electrons. The molecule has 0 saturated carbocycles. The van der Waals surface area contributed by atoms with Crippen LogP contribution >= 0.6 is 0 Å². The molecule has 0 spiro atoms. The molecule has 0 aliphatic carbocycles. The summed E-state index contributed by atoms with van der Waals surface area (Å²) in [6.45, 7) is 6.20. The summed E-state index contributed by atoms with van der Waals surface area (Å²) < 4.78 is 16.8. The first-order valence-electron chi connectivity index (χ1n) is 30.9. The highest BCUT2D eigenvalue weighted by atomic mass is 16.6. The fourth-order valence-electron chi connectivity index (χ4n) is 7.56. The number of allylic oxidation sites excluding steroid dienone is 32. The number of carbonyl (C=O) groups excluding carboxylic acids is 3. The van der Waals surface area contributed by atoms with Gasteiger partial charge in [0.15, 0.2) is 6.10 Å². The monoisotopic (exact) mass is 1080 g/mol. The van der Waals surface area contributed by atoms with Crippen LogP contribution in [0.25, 0.3) is 0 Å². The van der Waals surface area contributed by atoms with Crippen LogP contribution in [0.5, 0.6) is 0 Å². The van der Waals surface area contributed by atoms with Crippen molar-refractivity contribution < 1.29 is 28.6 Å². The Labute approximate surface area is 484 Å². The van der Waals surface area contributed by atoms with Crippen LogP contribution in [0.1, 0.15) is 226 Å². The smallest absolute Gasteiger partial charge is 0.306 e. The first-order valence-corrected chi connectivity index (χ1v) is 30.9. The highest BCUT2D eigenvalue weighted by molar-refractivity contribution is 5.71. The van der Waals surface area contributed by atoms with E-state index in [0.29, 0.717) is 19.3 Å². The van der Waals surface area contributed by atoms with Gasteiger partial charge in [0.2, 0.25) is 0 Å². The lowest BCUT2D eigenvalue weighted by Crippen LogP contribution is -2.30. The zero-order valence-electron chi connectivity index (χ0n) is 50.0. The zero-order valence-corrected chi connectivity index (χ0v) is 50.0. The number of esters is 3. The molecule has 0 amide bonds. The molecule has 438 valence electrons. The van der Waals surface area contributed by atoms with Gasteiger partial charge in [-0.3, -0.25) is 14.4 Å². The molecule has 0 saturated heterocycles. The minimum absolute atomic E-state index is 0.128. The van der Waals surface area contributed by atoms with Crippen molar-refractivity contribution in [2.75, 3.05) is 13.2 Å². The number of ether oxygens (including phenoxy) is 3. The first kappa shape index (κ1) is 73.2. The van der Waals surface area contributed by atoms with Gasteiger partial charge in [-0.05, 0) is 161 Å². The number of hydrogen-bond acceptors (Lipinski definition) is 6. The Morgan fingerprint density at radius 2 is 0.456 bits per heavy atom. The van der Waals surface area contributed by atoms with Gasteiger partial charge in [0.25, 0.3) is 0 Å². The molecule has 0 aliphatic rings. The predicted molar refractivity (Wildman–Crippen MR) is 343 cm³/mol. The molecule has 0 aromatic heterocycles. The fraction of sp³-hybridized carbons (Fsp3) is 0.521. The quantitative estimate of drug-likeness (QED) is 0.0261. The summed E-state index contributed by atoms with van der Waals surface area (Å²) in [6.07, 6.45) is 98.5. The highest BCUT2D eigenvalue weighted by Crippen LogP contribution is 2.12. The third-order valence-corrected chi connectivity index (χ3v) is 12.1. The van der Waals surface area contributed by atoms with Gasteiger partial charge in [0.1, 0.15) is 13.2 Å². The van der Waals surface area contributed by atoms with E-state index < -0.39 is 6.10 Å². The number of rotatable bonds is 53. The van der Waals surface area contributed by atoms with Crippen molar-refractivity contribution >= 4 is 17.9 Å². The molecule has 0 N–H and O–H groups in total. The van der Waals surface area contributed by atoms with E-state index in [1.165, 1.54) is 0 Å². The van der Waals surface area contributed by atoms with E-state index in [0.717, 1.165) is 180 Å². The summed E-state index contributed by atoms with van der Waals surface area (Å²) in [4.78, 5) is 38.3. The molecule has 0 bridgehead atoms. The lowest BCUT2D eigenvalue weighted by Gasteiger charge is -2.18. The molecule has 79 heavy (non-hydrogen) atoms. The normalized spacial score (nSPS) is 13.5. The second kappa shape index (κ2) is 64.8. The summed E-state index contributed by atoms with van der Waals surface area (Å²) in [6, 6.07) is 0. The van der Waals surface area contributed by atoms with Crippen LogP contribution < -0.4 is 0 Å². The Morgan fingerprint density at radius 3 is 0.722 bits per heavy atom. The minimum Gasteiger partial charge on any atom is -0.462 e. The maximum Gasteiger partial charge on any atom is 0.306 e. The number of carbonyl (C=O) groups is 3. The van der Waals surface area contributed by atoms with Crippen molar-refractivity contribution in [1.82, 2.24) is 0 Å². The standard InChI is InChI=1S/C73H110O6/c1-4-7-10-13-16-19-22-25-28-31-33-35-36-38-39-42-45-48-51-54-57-60-63-66-72(75)78-69-70(68-77-71(74)65-62-59-56-53-50-47-44-41-30-27-24-21-18-15-12-9-6-3)79-73(76)67-64-61-58-55-52-49-46-43-40-37-34-32-29-26-23-20-17-14-11-8-5-2/h7-12,16-21,25-30,33-35,37-39,43-48,52,55,70H,4-6,13-15,22-24,31-32,36,40-42,49-51,53-54,56-69H2,1-3H3/b10-7-,11-8-,12-9-,19-16-,20-17-,21-18-,28-25-,29-26-,30-27-,35-33-,37-34-,39-38-,46-43-,47-44-,48-45-,55-52-. The molecule has 0 heterocycles. The summed E-state index contributed by atoms with van der Waals surface area (Å²) in [5.41, 5.74) is 0. The SMILES string of the molecule is CC/C=C\C/C=C\C/C=C\C/C=C\C/C=C\C/C=C\CCCCCCC(=O)OCC(COC(=O)CCCCCC/C=C\C/C=C\C/C=C\C/C=C\CC)OC(=O)CCCC/C=C\C/C=C\C/C=C\C/C=C\C/C=C\C/C=C\CC. The van der Waals surface area contributed by atoms with Crippen LogP contribution in [0.15, 0.2) is 194 Å². The van der Waals surface area contributed by atoms with Crippen LogP contribution in [-0.2, 0) is 28.6 Å². The second-order valence-electron chi connectivity index (χ2n) is 19.5. The van der Waals surface area contributed by atoms with E-state index in [-0.39, 0.29) is 37.5 Å². The molecule has 0 fully saturated rings. The van der Waals surface area contributed by atoms with Gasteiger partial charge in [-0.1, -0.05) is 241 Å². The number of hydrogen-bond donors (Lipinski definition) is 0. The van der Waals surface area contributed by atoms with E-state index in [2.05, 4.69) is 215 Å². The largest absolute Gasteiger partial charge is 0.462 e. The maximum atomic E-state index is 12.9. The average Bonchev–Trinajstić information content (AvgIpc) is 3.45. The highest BCUT2D eigenvalue weighted by Gasteiger charge is 2.19. The van der Waals surface area contributed by atoms with Gasteiger partial charge in [0.05, 0.1) is 0 Å². The van der Waals surface area contributed by atoms with Gasteiger partial charge < -0.3 is 14.2 Å². The van der Waals surface area contributed by atoms with E-state index in [4.69, 9.17) is 14.2 Å². The maximum absolute atomic E-state index is 12.9. The van der Waals surface area contributed by atoms with Crippen molar-refractivity contribution in [3.63, 3.8) is 0 Å². The van der Waals surface area contributed by atoms with Crippen LogP contribution in [-0.4, -0.2) is 37.2 Å². The Kier molecular flexibility index (Phi) is 60.1. The molecule has 1 unspecified atom stereocenters. The molecule has 0 aromatic carbocycles. The van der Waals surface area contributed by atoms with Crippen molar-refractivity contribution in [2.24, 2.45) is 0 Å². The summed E-state index contributed by atoms with van der Waals surface area (Å²) in [5, 5.41) is 0. The van der Waals surface area contributed by atoms with E-state index in [1.807, 2.05) is 0 Å². The minimum atomic E-state index is -0.837. The van der Waals surface area contributed by atoms with E-state index in [9.17, 15) is 14.4 Å². The molecule has 0 aromatic rings. The van der Waals surface area contributed by atoms with Gasteiger partial charge in [-0.2, -0.15) is 0 Å². The Morgan fingerprint density at radius 1 is 0.253 bits per heavy atom. The second-order valence-corrected chi connectivity index (χ2v) is 19.5. The molecule has 1 atom stereocenters. The molecule has 6 nitrogen and oxygen atoms in total. The van der Waals surface area contributed by atoms with Crippen molar-refractivity contribution in [3.8, 4) is 0 Å².